The van der Waals surface area contributed by atoms with Gasteiger partial charge in [-0.05, 0) is 18.1 Å². The largest absolute Gasteiger partial charge is 0.478 e. The molecule has 2 aliphatic rings. The van der Waals surface area contributed by atoms with Gasteiger partial charge in [-0.25, -0.2) is 0 Å². The number of allylic oxidation sites excluding steroid dienone is 1. The van der Waals surface area contributed by atoms with Crippen LogP contribution in [0.25, 0.3) is 0 Å². The third kappa shape index (κ3) is 0.653. The van der Waals surface area contributed by atoms with Gasteiger partial charge in [-0.3, -0.25) is 0 Å². The number of epoxide rings is 1. The van der Waals surface area contributed by atoms with Gasteiger partial charge in [0.25, 0.3) is 0 Å². The second kappa shape index (κ2) is 1.67. The second-order valence-corrected chi connectivity index (χ2v) is 3.01. The van der Waals surface area contributed by atoms with Crippen LogP contribution in [0.15, 0.2) is 36.1 Å². The van der Waals surface area contributed by atoms with Crippen molar-refractivity contribution in [3.05, 3.63) is 47.2 Å². The van der Waals surface area contributed by atoms with Crippen LogP contribution in [0.2, 0.25) is 0 Å². The van der Waals surface area contributed by atoms with Gasteiger partial charge in [0.15, 0.2) is 6.10 Å². The van der Waals surface area contributed by atoms with Crippen LogP contribution in [0.1, 0.15) is 17.2 Å². The predicted molar refractivity (Wildman–Crippen MR) is 42.1 cm³/mol. The maximum absolute atomic E-state index is 5.37. The Labute approximate surface area is 65.3 Å². The third-order valence-corrected chi connectivity index (χ3v) is 2.32. The molecule has 1 heteroatoms. The van der Waals surface area contributed by atoms with Crippen molar-refractivity contribution in [2.75, 3.05) is 0 Å². The normalized spacial score (nSPS) is 24.4. The van der Waals surface area contributed by atoms with E-state index in [0.717, 1.165) is 6.42 Å². The molecule has 0 aromatic heterocycles. The molecule has 1 saturated heterocycles. The zero-order valence-electron chi connectivity index (χ0n) is 6.08. The molecule has 1 heterocycles. The first-order valence-electron chi connectivity index (χ1n) is 3.90. The molecule has 0 saturated carbocycles. The first-order chi connectivity index (χ1) is 5.45. The maximum Gasteiger partial charge on any atom is 0.180 e. The summed E-state index contributed by atoms with van der Waals surface area (Å²) in [5.74, 6) is 1.17. The first-order valence-corrected chi connectivity index (χ1v) is 3.90. The Bertz CT molecular complexity index is 338. The summed E-state index contributed by atoms with van der Waals surface area (Å²) >= 11 is 0. The lowest BCUT2D eigenvalue weighted by molar-refractivity contribution is 0.437. The van der Waals surface area contributed by atoms with Gasteiger partial charge in [-0.15, -0.1) is 0 Å². The Morgan fingerprint density at radius 2 is 2.18 bits per heavy atom. The summed E-state index contributed by atoms with van der Waals surface area (Å²) < 4.78 is 5.37. The number of hydrogen-bond donors (Lipinski definition) is 0. The number of benzene rings is 1. The SMILES string of the molecule is C1=C2OC2c2ccccc2C1. The van der Waals surface area contributed by atoms with Crippen LogP contribution in [0.5, 0.6) is 0 Å². The highest BCUT2D eigenvalue weighted by Crippen LogP contribution is 2.47. The van der Waals surface area contributed by atoms with E-state index < -0.39 is 0 Å². The van der Waals surface area contributed by atoms with E-state index in [4.69, 9.17) is 4.74 Å². The molecular formula is C10H8O. The number of rotatable bonds is 0. The average molecular weight is 144 g/mol. The van der Waals surface area contributed by atoms with Crippen molar-refractivity contribution in [1.29, 1.82) is 0 Å². The minimum Gasteiger partial charge on any atom is -0.478 e. The van der Waals surface area contributed by atoms with Crippen molar-refractivity contribution in [3.63, 3.8) is 0 Å². The highest BCUT2D eigenvalue weighted by atomic mass is 16.6. The van der Waals surface area contributed by atoms with E-state index in [1.165, 1.54) is 16.9 Å². The van der Waals surface area contributed by atoms with Crippen molar-refractivity contribution in [2.45, 2.75) is 12.5 Å². The molecule has 1 aromatic carbocycles. The van der Waals surface area contributed by atoms with Crippen LogP contribution < -0.4 is 0 Å². The summed E-state index contributed by atoms with van der Waals surface area (Å²) in [6.07, 6.45) is 3.54. The molecule has 3 rings (SSSR count). The molecule has 1 fully saturated rings. The van der Waals surface area contributed by atoms with E-state index in [0.29, 0.717) is 6.10 Å². The zero-order chi connectivity index (χ0) is 7.26. The Balaban J connectivity index is 2.21. The van der Waals surface area contributed by atoms with E-state index in [9.17, 15) is 0 Å². The van der Waals surface area contributed by atoms with Crippen LogP contribution >= 0.6 is 0 Å². The topological polar surface area (TPSA) is 12.5 Å². The quantitative estimate of drug-likeness (QED) is 0.508. The van der Waals surface area contributed by atoms with Gasteiger partial charge in [0, 0.05) is 5.56 Å². The monoisotopic (exact) mass is 144 g/mol. The fourth-order valence-electron chi connectivity index (χ4n) is 1.66. The Hall–Kier alpha value is -1.24. The number of ether oxygens (including phenoxy) is 1. The highest BCUT2D eigenvalue weighted by molar-refractivity contribution is 5.43. The van der Waals surface area contributed by atoms with Crippen LogP contribution in [0.3, 0.4) is 0 Å². The van der Waals surface area contributed by atoms with Gasteiger partial charge in [0.05, 0.1) is 0 Å². The fourth-order valence-corrected chi connectivity index (χ4v) is 1.66. The molecule has 1 aliphatic carbocycles. The average Bonchev–Trinajstić information content (AvgIpc) is 2.83. The smallest absolute Gasteiger partial charge is 0.180 e. The molecule has 1 aliphatic heterocycles. The van der Waals surface area contributed by atoms with Gasteiger partial charge in [-0.2, -0.15) is 0 Å². The van der Waals surface area contributed by atoms with Gasteiger partial charge in [-0.1, -0.05) is 24.3 Å². The molecule has 0 N–H and O–H groups in total. The van der Waals surface area contributed by atoms with Gasteiger partial charge in [0.1, 0.15) is 5.76 Å². The molecule has 1 aromatic rings. The maximum atomic E-state index is 5.37. The van der Waals surface area contributed by atoms with E-state index in [1.807, 2.05) is 0 Å². The lowest BCUT2D eigenvalue weighted by Gasteiger charge is -2.04. The molecule has 0 spiro atoms. The highest BCUT2D eigenvalue weighted by Gasteiger charge is 2.37. The van der Waals surface area contributed by atoms with Crippen LogP contribution in [0, 0.1) is 0 Å². The van der Waals surface area contributed by atoms with Crippen LogP contribution in [0.4, 0.5) is 0 Å². The number of hydrogen-bond acceptors (Lipinski definition) is 1. The second-order valence-electron chi connectivity index (χ2n) is 3.01. The molecule has 1 atom stereocenters. The Morgan fingerprint density at radius 3 is 3.18 bits per heavy atom. The van der Waals surface area contributed by atoms with Crippen molar-refractivity contribution in [1.82, 2.24) is 0 Å². The predicted octanol–water partition coefficient (Wildman–Crippen LogP) is 2.20. The molecule has 11 heavy (non-hydrogen) atoms. The van der Waals surface area contributed by atoms with Crippen molar-refractivity contribution >= 4 is 0 Å². The summed E-state index contributed by atoms with van der Waals surface area (Å²) in [6.45, 7) is 0. The standard InChI is InChI=1S/C10H8O/c1-2-4-8-7(3-1)5-6-9-10(8)11-9/h1-4,6,10H,5H2. The van der Waals surface area contributed by atoms with Crippen LogP contribution in [-0.4, -0.2) is 0 Å². The first kappa shape index (κ1) is 5.42. The Morgan fingerprint density at radius 1 is 1.27 bits per heavy atom. The molecular weight excluding hydrogens is 136 g/mol. The van der Waals surface area contributed by atoms with E-state index >= 15 is 0 Å². The van der Waals surface area contributed by atoms with E-state index in [1.54, 1.807) is 0 Å². The number of fused-ring (bicyclic) bond motifs is 3. The summed E-state index contributed by atoms with van der Waals surface area (Å²) in [4.78, 5) is 0. The minimum absolute atomic E-state index is 0.319. The molecule has 0 bridgehead atoms. The van der Waals surface area contributed by atoms with Gasteiger partial charge in [0.2, 0.25) is 0 Å². The van der Waals surface area contributed by atoms with Crippen LogP contribution in [-0.2, 0) is 11.2 Å². The van der Waals surface area contributed by atoms with Gasteiger partial charge < -0.3 is 4.74 Å². The zero-order valence-corrected chi connectivity index (χ0v) is 6.08. The summed E-state index contributed by atoms with van der Waals surface area (Å²) in [7, 11) is 0. The third-order valence-electron chi connectivity index (χ3n) is 2.32. The van der Waals surface area contributed by atoms with Crippen molar-refractivity contribution in [2.24, 2.45) is 0 Å². The summed E-state index contributed by atoms with van der Waals surface area (Å²) in [6, 6.07) is 8.48. The van der Waals surface area contributed by atoms with Gasteiger partial charge >= 0.3 is 0 Å². The molecule has 1 nitrogen and oxygen atoms in total. The molecule has 0 radical (unpaired) electrons. The molecule has 54 valence electrons. The summed E-state index contributed by atoms with van der Waals surface area (Å²) in [5.41, 5.74) is 2.78. The lowest BCUT2D eigenvalue weighted by Crippen LogP contribution is -1.93. The van der Waals surface area contributed by atoms with Crippen molar-refractivity contribution < 1.29 is 4.74 Å². The lowest BCUT2D eigenvalue weighted by atomic mass is 9.97. The fraction of sp³-hybridized carbons (Fsp3) is 0.200. The van der Waals surface area contributed by atoms with Crippen molar-refractivity contribution in [3.8, 4) is 0 Å². The Kier molecular flexibility index (Phi) is 0.823. The van der Waals surface area contributed by atoms with E-state index in [2.05, 4.69) is 30.3 Å². The van der Waals surface area contributed by atoms with E-state index in [-0.39, 0.29) is 0 Å². The molecule has 1 unspecified atom stereocenters. The molecule has 0 amide bonds. The minimum atomic E-state index is 0.319. The summed E-state index contributed by atoms with van der Waals surface area (Å²) in [5, 5.41) is 0.